The monoisotopic (exact) mass is 265 g/mol. The van der Waals surface area contributed by atoms with Crippen molar-refractivity contribution in [3.63, 3.8) is 0 Å². The average molecular weight is 265 g/mol. The SMILES string of the molecule is Cc1nnc(COc2c(F)cccc2C(=O)O)n1C. The number of carboxylic acids is 1. The summed E-state index contributed by atoms with van der Waals surface area (Å²) >= 11 is 0. The Kier molecular flexibility index (Phi) is 3.46. The van der Waals surface area contributed by atoms with Crippen LogP contribution >= 0.6 is 0 Å². The fourth-order valence-electron chi connectivity index (χ4n) is 1.54. The lowest BCUT2D eigenvalue weighted by molar-refractivity contribution is 0.0690. The minimum absolute atomic E-state index is 0.0570. The van der Waals surface area contributed by atoms with Gasteiger partial charge in [0.05, 0.1) is 0 Å². The third-order valence-electron chi connectivity index (χ3n) is 2.73. The second-order valence-electron chi connectivity index (χ2n) is 3.93. The van der Waals surface area contributed by atoms with Gasteiger partial charge in [0, 0.05) is 7.05 Å². The van der Waals surface area contributed by atoms with E-state index >= 15 is 0 Å². The highest BCUT2D eigenvalue weighted by Crippen LogP contribution is 2.23. The predicted molar refractivity (Wildman–Crippen MR) is 63.4 cm³/mol. The number of hydrogen-bond acceptors (Lipinski definition) is 4. The summed E-state index contributed by atoms with van der Waals surface area (Å²) in [6, 6.07) is 3.74. The number of carboxylic acid groups (broad SMARTS) is 1. The predicted octanol–water partition coefficient (Wildman–Crippen LogP) is 1.54. The molecule has 1 aromatic heterocycles. The number of ether oxygens (including phenoxy) is 1. The van der Waals surface area contributed by atoms with Crippen LogP contribution < -0.4 is 4.74 Å². The first kappa shape index (κ1) is 13.0. The van der Waals surface area contributed by atoms with E-state index < -0.39 is 11.8 Å². The van der Waals surface area contributed by atoms with E-state index in [0.29, 0.717) is 11.6 Å². The number of benzene rings is 1. The molecule has 0 bridgehead atoms. The lowest BCUT2D eigenvalue weighted by Crippen LogP contribution is -2.08. The lowest BCUT2D eigenvalue weighted by Gasteiger charge is -2.09. The van der Waals surface area contributed by atoms with Gasteiger partial charge in [0.25, 0.3) is 0 Å². The molecule has 7 heteroatoms. The molecule has 0 radical (unpaired) electrons. The molecule has 1 heterocycles. The number of aromatic nitrogens is 3. The average Bonchev–Trinajstić information content (AvgIpc) is 2.68. The molecule has 100 valence electrons. The molecule has 0 saturated carbocycles. The quantitative estimate of drug-likeness (QED) is 0.907. The summed E-state index contributed by atoms with van der Waals surface area (Å²) in [6.45, 7) is 1.71. The van der Waals surface area contributed by atoms with Crippen molar-refractivity contribution in [3.05, 3.63) is 41.2 Å². The molecule has 0 fully saturated rings. The molecule has 0 aliphatic carbocycles. The number of rotatable bonds is 4. The first-order chi connectivity index (χ1) is 9.00. The smallest absolute Gasteiger partial charge is 0.339 e. The molecule has 2 rings (SSSR count). The van der Waals surface area contributed by atoms with E-state index in [9.17, 15) is 9.18 Å². The summed E-state index contributed by atoms with van der Waals surface area (Å²) in [4.78, 5) is 11.0. The number of hydrogen-bond donors (Lipinski definition) is 1. The first-order valence-corrected chi connectivity index (χ1v) is 5.50. The highest BCUT2D eigenvalue weighted by molar-refractivity contribution is 5.90. The summed E-state index contributed by atoms with van der Waals surface area (Å²) < 4.78 is 20.5. The number of aromatic carboxylic acids is 1. The van der Waals surface area contributed by atoms with Gasteiger partial charge in [-0.25, -0.2) is 9.18 Å². The molecular weight excluding hydrogens is 253 g/mol. The standard InChI is InChI=1S/C12H12FN3O3/c1-7-14-15-10(16(7)2)6-19-11-8(12(17)18)4-3-5-9(11)13/h3-5H,6H2,1-2H3,(H,17,18). The van der Waals surface area contributed by atoms with Gasteiger partial charge in [-0.05, 0) is 19.1 Å². The molecule has 0 amide bonds. The molecular formula is C12H12FN3O3. The zero-order valence-electron chi connectivity index (χ0n) is 10.4. The van der Waals surface area contributed by atoms with Crippen LogP contribution in [0.25, 0.3) is 0 Å². The zero-order valence-corrected chi connectivity index (χ0v) is 10.4. The summed E-state index contributed by atoms with van der Waals surface area (Å²) in [5.41, 5.74) is -0.223. The Hall–Kier alpha value is -2.44. The fourth-order valence-corrected chi connectivity index (χ4v) is 1.54. The van der Waals surface area contributed by atoms with Crippen molar-refractivity contribution in [2.45, 2.75) is 13.5 Å². The number of halogens is 1. The van der Waals surface area contributed by atoms with Gasteiger partial charge in [0.15, 0.2) is 17.4 Å². The van der Waals surface area contributed by atoms with Crippen LogP contribution in [-0.4, -0.2) is 25.8 Å². The van der Waals surface area contributed by atoms with Crippen molar-refractivity contribution < 1.29 is 19.0 Å². The van der Waals surface area contributed by atoms with Crippen LogP contribution in [0.15, 0.2) is 18.2 Å². The maximum absolute atomic E-state index is 13.6. The van der Waals surface area contributed by atoms with Gasteiger partial charge in [0.2, 0.25) is 0 Å². The third-order valence-corrected chi connectivity index (χ3v) is 2.73. The maximum atomic E-state index is 13.6. The Balaban J connectivity index is 2.24. The van der Waals surface area contributed by atoms with Gasteiger partial charge < -0.3 is 14.4 Å². The van der Waals surface area contributed by atoms with Crippen molar-refractivity contribution in [2.24, 2.45) is 7.05 Å². The highest BCUT2D eigenvalue weighted by Gasteiger charge is 2.16. The van der Waals surface area contributed by atoms with Crippen LogP contribution in [0.5, 0.6) is 5.75 Å². The molecule has 2 aromatic rings. The molecule has 19 heavy (non-hydrogen) atoms. The van der Waals surface area contributed by atoms with E-state index in [0.717, 1.165) is 6.07 Å². The number of nitrogens with zero attached hydrogens (tertiary/aromatic N) is 3. The largest absolute Gasteiger partial charge is 0.482 e. The number of aryl methyl sites for hydroxylation is 1. The van der Waals surface area contributed by atoms with Gasteiger partial charge in [-0.2, -0.15) is 0 Å². The Morgan fingerprint density at radius 1 is 1.47 bits per heavy atom. The van der Waals surface area contributed by atoms with Gasteiger partial charge in [-0.15, -0.1) is 10.2 Å². The van der Waals surface area contributed by atoms with Crippen LogP contribution in [-0.2, 0) is 13.7 Å². The van der Waals surface area contributed by atoms with Crippen molar-refractivity contribution in [1.29, 1.82) is 0 Å². The second kappa shape index (κ2) is 5.05. The molecule has 1 N–H and O–H groups in total. The minimum Gasteiger partial charge on any atom is -0.482 e. The molecule has 1 aromatic carbocycles. The lowest BCUT2D eigenvalue weighted by atomic mass is 10.2. The summed E-state index contributed by atoms with van der Waals surface area (Å²) in [5, 5.41) is 16.7. The van der Waals surface area contributed by atoms with Crippen LogP contribution in [0.1, 0.15) is 22.0 Å². The van der Waals surface area contributed by atoms with Gasteiger partial charge in [-0.3, -0.25) is 0 Å². The zero-order chi connectivity index (χ0) is 14.0. The van der Waals surface area contributed by atoms with E-state index in [1.807, 2.05) is 0 Å². The molecule has 0 aliphatic heterocycles. The van der Waals surface area contributed by atoms with Gasteiger partial charge >= 0.3 is 5.97 Å². The molecule has 6 nitrogen and oxygen atoms in total. The van der Waals surface area contributed by atoms with E-state index in [1.165, 1.54) is 12.1 Å². The van der Waals surface area contributed by atoms with E-state index in [1.54, 1.807) is 18.5 Å². The topological polar surface area (TPSA) is 77.2 Å². The van der Waals surface area contributed by atoms with Crippen LogP contribution in [0.2, 0.25) is 0 Å². The number of para-hydroxylation sites is 1. The van der Waals surface area contributed by atoms with Crippen LogP contribution in [0.4, 0.5) is 4.39 Å². The summed E-state index contributed by atoms with van der Waals surface area (Å²) in [7, 11) is 1.74. The normalized spacial score (nSPS) is 10.5. The van der Waals surface area contributed by atoms with Crippen molar-refractivity contribution in [3.8, 4) is 5.75 Å². The first-order valence-electron chi connectivity index (χ1n) is 5.50. The summed E-state index contributed by atoms with van der Waals surface area (Å²) in [6.07, 6.45) is 0. The van der Waals surface area contributed by atoms with Crippen LogP contribution in [0.3, 0.4) is 0 Å². The van der Waals surface area contributed by atoms with Crippen molar-refractivity contribution in [1.82, 2.24) is 14.8 Å². The molecule has 0 aliphatic rings. The van der Waals surface area contributed by atoms with E-state index in [4.69, 9.17) is 9.84 Å². The molecule has 0 saturated heterocycles. The number of carbonyl (C=O) groups is 1. The van der Waals surface area contributed by atoms with Crippen LogP contribution in [0, 0.1) is 12.7 Å². The van der Waals surface area contributed by atoms with Crippen molar-refractivity contribution >= 4 is 5.97 Å². The van der Waals surface area contributed by atoms with Crippen molar-refractivity contribution in [2.75, 3.05) is 0 Å². The Morgan fingerprint density at radius 2 is 2.21 bits per heavy atom. The summed E-state index contributed by atoms with van der Waals surface area (Å²) in [5.74, 6) is -1.10. The van der Waals surface area contributed by atoms with Gasteiger partial charge in [-0.1, -0.05) is 6.07 Å². The maximum Gasteiger partial charge on any atom is 0.339 e. The second-order valence-corrected chi connectivity index (χ2v) is 3.93. The Bertz CT molecular complexity index is 625. The Labute approximate surface area is 108 Å². The molecule has 0 spiro atoms. The van der Waals surface area contributed by atoms with Gasteiger partial charge in [0.1, 0.15) is 18.0 Å². The minimum atomic E-state index is -1.25. The fraction of sp³-hybridized carbons (Fsp3) is 0.250. The van der Waals surface area contributed by atoms with E-state index in [2.05, 4.69) is 10.2 Å². The highest BCUT2D eigenvalue weighted by atomic mass is 19.1. The molecule has 0 atom stereocenters. The van der Waals surface area contributed by atoms with E-state index in [-0.39, 0.29) is 17.9 Å². The third kappa shape index (κ3) is 2.54. The molecule has 0 unspecified atom stereocenters. The Morgan fingerprint density at radius 3 is 2.79 bits per heavy atom.